The Morgan fingerprint density at radius 1 is 1.00 bits per heavy atom. The molecule has 0 N–H and O–H groups in total. The predicted molar refractivity (Wildman–Crippen MR) is 85.4 cm³/mol. The summed E-state index contributed by atoms with van der Waals surface area (Å²) in [5.74, 6) is 0.0124. The molecule has 20 heavy (non-hydrogen) atoms. The molecule has 0 aliphatic carbocycles. The summed E-state index contributed by atoms with van der Waals surface area (Å²) in [6.45, 7) is 0. The van der Waals surface area contributed by atoms with E-state index < -0.39 is 11.7 Å². The Morgan fingerprint density at radius 2 is 1.55 bits per heavy atom. The molecule has 102 valence electrons. The molecule has 2 atom stereocenters. The van der Waals surface area contributed by atoms with Crippen LogP contribution >= 0.6 is 31.9 Å². The first kappa shape index (κ1) is 14.0. The lowest BCUT2D eigenvalue weighted by Crippen LogP contribution is -2.25. The summed E-state index contributed by atoms with van der Waals surface area (Å²) < 4.78 is 5.70. The third kappa shape index (κ3) is 2.26. The normalized spacial score (nSPS) is 24.6. The van der Waals surface area contributed by atoms with E-state index in [0.717, 1.165) is 5.56 Å². The Morgan fingerprint density at radius 3 is 2.10 bits per heavy atom. The van der Waals surface area contributed by atoms with E-state index in [4.69, 9.17) is 4.74 Å². The number of carbonyl (C=O) groups is 1. The quantitative estimate of drug-likeness (QED) is 0.439. The van der Waals surface area contributed by atoms with Gasteiger partial charge in [-0.2, -0.15) is 0 Å². The molecule has 1 fully saturated rings. The second kappa shape index (κ2) is 5.43. The third-order valence-electron chi connectivity index (χ3n) is 3.49. The monoisotopic (exact) mass is 394 g/mol. The number of halogens is 2. The zero-order valence-electron chi connectivity index (χ0n) is 10.5. The summed E-state index contributed by atoms with van der Waals surface area (Å²) in [6, 6.07) is 19.1. The highest BCUT2D eigenvalue weighted by Gasteiger charge is 2.65. The maximum atomic E-state index is 12.5. The fourth-order valence-electron chi connectivity index (χ4n) is 2.37. The Labute approximate surface area is 134 Å². The van der Waals surface area contributed by atoms with Crippen LogP contribution < -0.4 is 0 Å². The van der Waals surface area contributed by atoms with Gasteiger partial charge in [-0.1, -0.05) is 92.5 Å². The van der Waals surface area contributed by atoms with Crippen molar-refractivity contribution in [1.82, 2.24) is 0 Å². The average molecular weight is 396 g/mol. The fraction of sp³-hybridized carbons (Fsp3) is 0.188. The molecule has 0 unspecified atom stereocenters. The molecule has 0 spiro atoms. The molecule has 4 heteroatoms. The third-order valence-corrected chi connectivity index (χ3v) is 4.85. The van der Waals surface area contributed by atoms with Gasteiger partial charge in [0.25, 0.3) is 0 Å². The van der Waals surface area contributed by atoms with Gasteiger partial charge < -0.3 is 4.74 Å². The van der Waals surface area contributed by atoms with Gasteiger partial charge in [-0.25, -0.2) is 0 Å². The van der Waals surface area contributed by atoms with Crippen molar-refractivity contribution in [2.75, 3.05) is 0 Å². The van der Waals surface area contributed by atoms with Crippen molar-refractivity contribution in [2.45, 2.75) is 15.4 Å². The van der Waals surface area contributed by atoms with Crippen LogP contribution in [0, 0.1) is 0 Å². The highest BCUT2D eigenvalue weighted by atomic mass is 79.9. The second-order valence-corrected chi connectivity index (χ2v) is 7.75. The average Bonchev–Trinajstić information content (AvgIpc) is 3.25. The summed E-state index contributed by atoms with van der Waals surface area (Å²) in [5.41, 5.74) is 1.04. The van der Waals surface area contributed by atoms with E-state index in [2.05, 4.69) is 31.9 Å². The first-order valence-corrected chi connectivity index (χ1v) is 8.10. The molecule has 2 aromatic rings. The number of alkyl halides is 2. The van der Waals surface area contributed by atoms with Crippen LogP contribution in [0.3, 0.4) is 0 Å². The molecule has 0 radical (unpaired) electrons. The van der Waals surface area contributed by atoms with Crippen LogP contribution in [-0.2, 0) is 10.3 Å². The minimum absolute atomic E-state index is 0.0124. The summed E-state index contributed by atoms with van der Waals surface area (Å²) >= 11 is 7.03. The van der Waals surface area contributed by atoms with Gasteiger partial charge in [0, 0.05) is 5.56 Å². The maximum absolute atomic E-state index is 12.5. The van der Waals surface area contributed by atoms with Crippen molar-refractivity contribution < 1.29 is 9.53 Å². The standard InChI is InChI=1S/C16H12Br2O2/c17-15(18)16(12-9-5-2-6-10-12)14(20-16)13(19)11-7-3-1-4-8-11/h1-10,14-15H/t14-,16+/m0/s1. The van der Waals surface area contributed by atoms with Crippen LogP contribution in [-0.4, -0.2) is 15.6 Å². The van der Waals surface area contributed by atoms with E-state index in [1.165, 1.54) is 0 Å². The summed E-state index contributed by atoms with van der Waals surface area (Å²) in [6.07, 6.45) is -0.462. The Kier molecular flexibility index (Phi) is 3.80. The maximum Gasteiger partial charge on any atom is 0.195 e. The zero-order chi connectivity index (χ0) is 14.2. The van der Waals surface area contributed by atoms with Crippen molar-refractivity contribution in [3.63, 3.8) is 0 Å². The van der Waals surface area contributed by atoms with Gasteiger partial charge in [0.2, 0.25) is 0 Å². The van der Waals surface area contributed by atoms with Gasteiger partial charge in [0.1, 0.15) is 9.34 Å². The smallest absolute Gasteiger partial charge is 0.195 e. The van der Waals surface area contributed by atoms with E-state index in [1.54, 1.807) is 0 Å². The van der Waals surface area contributed by atoms with Crippen molar-refractivity contribution in [2.24, 2.45) is 0 Å². The zero-order valence-corrected chi connectivity index (χ0v) is 13.7. The van der Waals surface area contributed by atoms with Crippen LogP contribution in [0.25, 0.3) is 0 Å². The summed E-state index contributed by atoms with van der Waals surface area (Å²) in [7, 11) is 0. The molecule has 2 nitrogen and oxygen atoms in total. The molecular weight excluding hydrogens is 384 g/mol. The van der Waals surface area contributed by atoms with Gasteiger partial charge in [0.15, 0.2) is 11.9 Å². The van der Waals surface area contributed by atoms with Crippen molar-refractivity contribution >= 4 is 37.6 Å². The Hall–Kier alpha value is -0.970. The summed E-state index contributed by atoms with van der Waals surface area (Å²) in [5, 5.41) is 0. The molecule has 0 bridgehead atoms. The van der Waals surface area contributed by atoms with E-state index >= 15 is 0 Å². The molecule has 1 saturated heterocycles. The molecule has 3 rings (SSSR count). The number of benzene rings is 2. The number of hydrogen-bond acceptors (Lipinski definition) is 2. The molecule has 0 aromatic heterocycles. The molecule has 1 aliphatic heterocycles. The van der Waals surface area contributed by atoms with Gasteiger partial charge in [-0.3, -0.25) is 4.79 Å². The van der Waals surface area contributed by atoms with Gasteiger partial charge in [0.05, 0.1) is 0 Å². The Balaban J connectivity index is 1.93. The predicted octanol–water partition coefficient (Wildman–Crippen LogP) is 4.28. The number of ketones is 1. The minimum Gasteiger partial charge on any atom is -0.350 e. The first-order chi connectivity index (χ1) is 9.66. The highest BCUT2D eigenvalue weighted by Crippen LogP contribution is 2.54. The second-order valence-electron chi connectivity index (χ2n) is 4.69. The van der Waals surface area contributed by atoms with Crippen LogP contribution in [0.5, 0.6) is 0 Å². The number of hydrogen-bond donors (Lipinski definition) is 0. The van der Waals surface area contributed by atoms with Crippen LogP contribution in [0.4, 0.5) is 0 Å². The minimum atomic E-state index is -0.631. The molecule has 1 heterocycles. The van der Waals surface area contributed by atoms with E-state index in [1.807, 2.05) is 60.7 Å². The summed E-state index contributed by atoms with van der Waals surface area (Å²) in [4.78, 5) is 12.5. The molecule has 0 amide bonds. The Bertz CT molecular complexity index is 613. The molecular formula is C16H12Br2O2. The van der Waals surface area contributed by atoms with Crippen LogP contribution in [0.2, 0.25) is 0 Å². The van der Waals surface area contributed by atoms with Crippen LogP contribution in [0.15, 0.2) is 60.7 Å². The molecule has 1 aliphatic rings. The highest BCUT2D eigenvalue weighted by molar-refractivity contribution is 9.24. The number of carbonyl (C=O) groups excluding carboxylic acids is 1. The number of Topliss-reactive ketones (excluding diaryl/α,β-unsaturated/α-hetero) is 1. The van der Waals surface area contributed by atoms with Crippen molar-refractivity contribution in [3.05, 3.63) is 71.8 Å². The van der Waals surface area contributed by atoms with Crippen molar-refractivity contribution in [1.29, 1.82) is 0 Å². The van der Waals surface area contributed by atoms with E-state index in [9.17, 15) is 4.79 Å². The molecule has 2 aromatic carbocycles. The number of epoxide rings is 1. The van der Waals surface area contributed by atoms with Crippen LogP contribution in [0.1, 0.15) is 15.9 Å². The van der Waals surface area contributed by atoms with E-state index in [-0.39, 0.29) is 9.52 Å². The number of rotatable bonds is 4. The largest absolute Gasteiger partial charge is 0.350 e. The van der Waals surface area contributed by atoms with Gasteiger partial charge in [-0.05, 0) is 5.56 Å². The SMILES string of the molecule is O=C(c1ccccc1)[C@@H]1O[C@@]1(c1ccccc1)C(Br)Br. The first-order valence-electron chi connectivity index (χ1n) is 6.27. The van der Waals surface area contributed by atoms with Crippen molar-refractivity contribution in [3.8, 4) is 0 Å². The number of ether oxygens (including phenoxy) is 1. The van der Waals surface area contributed by atoms with E-state index in [0.29, 0.717) is 5.56 Å². The molecule has 0 saturated carbocycles. The van der Waals surface area contributed by atoms with Gasteiger partial charge in [-0.15, -0.1) is 0 Å². The fourth-order valence-corrected chi connectivity index (χ4v) is 3.60. The lowest BCUT2D eigenvalue weighted by atomic mass is 9.93. The topological polar surface area (TPSA) is 29.6 Å². The lowest BCUT2D eigenvalue weighted by Gasteiger charge is -2.14. The van der Waals surface area contributed by atoms with Gasteiger partial charge >= 0.3 is 0 Å². The lowest BCUT2D eigenvalue weighted by molar-refractivity contribution is 0.0953.